The van der Waals surface area contributed by atoms with Crippen LogP contribution in [0.25, 0.3) is 0 Å². The molecule has 2 atom stereocenters. The highest BCUT2D eigenvalue weighted by Crippen LogP contribution is 2.26. The minimum atomic E-state index is -0.0668. The van der Waals surface area contributed by atoms with Crippen molar-refractivity contribution in [3.63, 3.8) is 0 Å². The van der Waals surface area contributed by atoms with E-state index in [9.17, 15) is 4.79 Å². The summed E-state index contributed by atoms with van der Waals surface area (Å²) in [4.78, 5) is 11.7. The molecule has 1 heterocycles. The molecular formula is C14H18Cl2N2OS. The summed E-state index contributed by atoms with van der Waals surface area (Å²) < 4.78 is 0. The fourth-order valence-electron chi connectivity index (χ4n) is 2.19. The Hall–Kier alpha value is -0.420. The fourth-order valence-corrected chi connectivity index (χ4v) is 3.74. The van der Waals surface area contributed by atoms with Crippen molar-refractivity contribution < 1.29 is 4.79 Å². The van der Waals surface area contributed by atoms with Gasteiger partial charge in [-0.05, 0) is 30.2 Å². The van der Waals surface area contributed by atoms with E-state index in [0.29, 0.717) is 22.2 Å². The molecule has 3 nitrogen and oxygen atoms in total. The lowest BCUT2D eigenvalue weighted by Gasteiger charge is -2.31. The van der Waals surface area contributed by atoms with Crippen LogP contribution >= 0.6 is 35.0 Å². The number of hydrogen-bond donors (Lipinski definition) is 2. The minimum absolute atomic E-state index is 0.0668. The second-order valence-electron chi connectivity index (χ2n) is 4.85. The highest BCUT2D eigenvalue weighted by molar-refractivity contribution is 7.99. The standard InChI is InChI=1S/C14H18Cl2N2OS/c1-2-3-11-7-13(19)18-14(17-11)20-8-9-6-10(15)4-5-12(9)16/h4-6,11,14,17H,2-3,7-8H2,1H3,(H,18,19). The summed E-state index contributed by atoms with van der Waals surface area (Å²) >= 11 is 13.7. The molecule has 1 amide bonds. The van der Waals surface area contributed by atoms with Crippen LogP contribution in [0.15, 0.2) is 18.2 Å². The molecule has 1 aromatic carbocycles. The lowest BCUT2D eigenvalue weighted by molar-refractivity contribution is -0.123. The Morgan fingerprint density at radius 1 is 1.40 bits per heavy atom. The average molecular weight is 333 g/mol. The Morgan fingerprint density at radius 3 is 2.95 bits per heavy atom. The Kier molecular flexibility index (Phi) is 6.02. The van der Waals surface area contributed by atoms with Crippen molar-refractivity contribution in [2.75, 3.05) is 0 Å². The molecule has 1 saturated heterocycles. The molecular weight excluding hydrogens is 315 g/mol. The van der Waals surface area contributed by atoms with E-state index in [1.807, 2.05) is 6.07 Å². The third-order valence-electron chi connectivity index (χ3n) is 3.16. The molecule has 6 heteroatoms. The molecule has 1 aliphatic rings. The van der Waals surface area contributed by atoms with Crippen LogP contribution in [0.2, 0.25) is 10.0 Å². The summed E-state index contributed by atoms with van der Waals surface area (Å²) in [6.07, 6.45) is 2.65. The quantitative estimate of drug-likeness (QED) is 0.861. The van der Waals surface area contributed by atoms with Crippen LogP contribution < -0.4 is 10.6 Å². The van der Waals surface area contributed by atoms with Gasteiger partial charge in [-0.3, -0.25) is 10.1 Å². The molecule has 1 aliphatic heterocycles. The number of benzene rings is 1. The molecule has 1 fully saturated rings. The Balaban J connectivity index is 1.92. The second-order valence-corrected chi connectivity index (χ2v) is 6.79. The predicted octanol–water partition coefficient (Wildman–Crippen LogP) is 3.79. The zero-order valence-electron chi connectivity index (χ0n) is 11.3. The van der Waals surface area contributed by atoms with Crippen LogP contribution in [0.5, 0.6) is 0 Å². The van der Waals surface area contributed by atoms with Crippen LogP contribution in [0.1, 0.15) is 31.7 Å². The number of thioether (sulfide) groups is 1. The second kappa shape index (κ2) is 7.55. The Bertz CT molecular complexity index is 484. The maximum Gasteiger partial charge on any atom is 0.223 e. The minimum Gasteiger partial charge on any atom is -0.332 e. The first-order valence-corrected chi connectivity index (χ1v) is 8.50. The predicted molar refractivity (Wildman–Crippen MR) is 86.1 cm³/mol. The summed E-state index contributed by atoms with van der Waals surface area (Å²) in [7, 11) is 0. The Labute approximate surface area is 133 Å². The smallest absolute Gasteiger partial charge is 0.223 e. The molecule has 2 unspecified atom stereocenters. The molecule has 110 valence electrons. The molecule has 2 N–H and O–H groups in total. The van der Waals surface area contributed by atoms with E-state index in [-0.39, 0.29) is 17.4 Å². The first kappa shape index (κ1) is 16.0. The molecule has 0 aliphatic carbocycles. The molecule has 0 radical (unpaired) electrons. The Morgan fingerprint density at radius 2 is 2.20 bits per heavy atom. The van der Waals surface area contributed by atoms with Crippen molar-refractivity contribution in [3.8, 4) is 0 Å². The van der Waals surface area contributed by atoms with Crippen molar-refractivity contribution in [2.24, 2.45) is 0 Å². The number of halogens is 2. The molecule has 20 heavy (non-hydrogen) atoms. The van der Waals surface area contributed by atoms with Gasteiger partial charge < -0.3 is 5.32 Å². The van der Waals surface area contributed by atoms with E-state index >= 15 is 0 Å². The van der Waals surface area contributed by atoms with Crippen LogP contribution in [0, 0.1) is 0 Å². The van der Waals surface area contributed by atoms with E-state index in [1.54, 1.807) is 23.9 Å². The molecule has 0 spiro atoms. The van der Waals surface area contributed by atoms with Crippen molar-refractivity contribution in [2.45, 2.75) is 43.5 Å². The van der Waals surface area contributed by atoms with Crippen molar-refractivity contribution in [1.82, 2.24) is 10.6 Å². The van der Waals surface area contributed by atoms with Gasteiger partial charge in [-0.1, -0.05) is 36.5 Å². The summed E-state index contributed by atoms with van der Waals surface area (Å²) in [5, 5.41) is 7.77. The van der Waals surface area contributed by atoms with Gasteiger partial charge in [0.2, 0.25) is 5.91 Å². The topological polar surface area (TPSA) is 41.1 Å². The van der Waals surface area contributed by atoms with E-state index in [1.165, 1.54) is 0 Å². The summed E-state index contributed by atoms with van der Waals surface area (Å²) in [5.41, 5.74) is 0.917. The monoisotopic (exact) mass is 332 g/mol. The number of nitrogens with one attached hydrogen (secondary N) is 2. The summed E-state index contributed by atoms with van der Waals surface area (Å²) in [5.74, 6) is 0.813. The zero-order valence-corrected chi connectivity index (χ0v) is 13.6. The van der Waals surface area contributed by atoms with E-state index in [4.69, 9.17) is 23.2 Å². The number of hydrogen-bond acceptors (Lipinski definition) is 3. The van der Waals surface area contributed by atoms with Crippen LogP contribution in [-0.4, -0.2) is 17.4 Å². The van der Waals surface area contributed by atoms with Crippen LogP contribution in [0.3, 0.4) is 0 Å². The van der Waals surface area contributed by atoms with Gasteiger partial charge in [0.15, 0.2) is 0 Å². The summed E-state index contributed by atoms with van der Waals surface area (Å²) in [6.45, 7) is 2.13. The van der Waals surface area contributed by atoms with Gasteiger partial charge in [-0.2, -0.15) is 0 Å². The highest BCUT2D eigenvalue weighted by Gasteiger charge is 2.25. The van der Waals surface area contributed by atoms with Crippen molar-refractivity contribution in [3.05, 3.63) is 33.8 Å². The van der Waals surface area contributed by atoms with Gasteiger partial charge in [0.05, 0.1) is 0 Å². The van der Waals surface area contributed by atoms with Crippen LogP contribution in [0.4, 0.5) is 0 Å². The van der Waals surface area contributed by atoms with E-state index < -0.39 is 0 Å². The van der Waals surface area contributed by atoms with Gasteiger partial charge >= 0.3 is 0 Å². The zero-order chi connectivity index (χ0) is 14.5. The van der Waals surface area contributed by atoms with E-state index in [0.717, 1.165) is 18.4 Å². The highest BCUT2D eigenvalue weighted by atomic mass is 35.5. The summed E-state index contributed by atoms with van der Waals surface area (Å²) in [6, 6.07) is 5.70. The fraction of sp³-hybridized carbons (Fsp3) is 0.500. The molecule has 0 saturated carbocycles. The number of amides is 1. The number of rotatable bonds is 5. The maximum atomic E-state index is 11.7. The average Bonchev–Trinajstić information content (AvgIpc) is 2.40. The lowest BCUT2D eigenvalue weighted by Crippen LogP contribution is -2.54. The first-order valence-electron chi connectivity index (χ1n) is 6.69. The number of carbonyl (C=O) groups excluding carboxylic acids is 1. The third kappa shape index (κ3) is 4.55. The third-order valence-corrected chi connectivity index (χ3v) is 4.83. The van der Waals surface area contributed by atoms with Crippen molar-refractivity contribution in [1.29, 1.82) is 0 Å². The molecule has 0 bridgehead atoms. The first-order chi connectivity index (χ1) is 9.58. The van der Waals surface area contributed by atoms with Gasteiger partial charge in [-0.25, -0.2) is 0 Å². The molecule has 1 aromatic rings. The largest absolute Gasteiger partial charge is 0.332 e. The van der Waals surface area contributed by atoms with E-state index in [2.05, 4.69) is 17.6 Å². The SMILES string of the molecule is CCCC1CC(=O)NC(SCc2cc(Cl)ccc2Cl)N1. The van der Waals surface area contributed by atoms with Gasteiger partial charge in [-0.15, -0.1) is 11.8 Å². The maximum absolute atomic E-state index is 11.7. The van der Waals surface area contributed by atoms with Gasteiger partial charge in [0, 0.05) is 28.3 Å². The van der Waals surface area contributed by atoms with Gasteiger partial charge in [0.25, 0.3) is 0 Å². The molecule has 2 rings (SSSR count). The van der Waals surface area contributed by atoms with Gasteiger partial charge in [0.1, 0.15) is 5.50 Å². The lowest BCUT2D eigenvalue weighted by atomic mass is 10.1. The normalized spacial score (nSPS) is 22.6. The van der Waals surface area contributed by atoms with Crippen LogP contribution in [-0.2, 0) is 10.5 Å². The number of carbonyl (C=O) groups is 1. The molecule has 0 aromatic heterocycles. The van der Waals surface area contributed by atoms with Crippen molar-refractivity contribution >= 4 is 40.9 Å².